The highest BCUT2D eigenvalue weighted by Crippen LogP contribution is 2.21. The number of unbranched alkanes of at least 4 members (excludes halogenated alkanes) is 2. The predicted molar refractivity (Wildman–Crippen MR) is 79.1 cm³/mol. The normalized spacial score (nSPS) is 26.5. The summed E-state index contributed by atoms with van der Waals surface area (Å²) in [4.78, 5) is 0. The van der Waals surface area contributed by atoms with Gasteiger partial charge in [-0.1, -0.05) is 31.0 Å². The first kappa shape index (κ1) is 14.4. The van der Waals surface area contributed by atoms with E-state index in [1.807, 2.05) is 30.3 Å². The molecule has 1 heterocycles. The maximum Gasteiger partial charge on any atom is 0.119 e. The number of nitrogens with one attached hydrogen (secondary N) is 2. The Labute approximate surface area is 116 Å². The van der Waals surface area contributed by atoms with E-state index in [4.69, 9.17) is 4.74 Å². The van der Waals surface area contributed by atoms with Crippen molar-refractivity contribution in [3.8, 4) is 5.75 Å². The highest BCUT2D eigenvalue weighted by molar-refractivity contribution is 5.20. The van der Waals surface area contributed by atoms with Crippen LogP contribution in [0.2, 0.25) is 0 Å². The maximum atomic E-state index is 5.70. The van der Waals surface area contributed by atoms with Gasteiger partial charge in [0, 0.05) is 12.1 Å². The van der Waals surface area contributed by atoms with Crippen molar-refractivity contribution in [2.75, 3.05) is 6.61 Å². The molecule has 1 aliphatic rings. The molecule has 0 aliphatic carbocycles. The summed E-state index contributed by atoms with van der Waals surface area (Å²) in [7, 11) is 0. The minimum absolute atomic E-state index is 0.593. The standard InChI is InChI=1S/C16H26N2O/c1-13-16(14(2)18-17-13)11-7-4-8-12-19-15-9-5-3-6-10-15/h3,5-6,9-10,13-14,16-18H,4,7-8,11-12H2,1-2H3. The lowest BCUT2D eigenvalue weighted by Gasteiger charge is -2.17. The number of ether oxygens (including phenoxy) is 1. The largest absolute Gasteiger partial charge is 0.494 e. The molecule has 1 saturated heterocycles. The van der Waals surface area contributed by atoms with Crippen LogP contribution in [0.25, 0.3) is 0 Å². The lowest BCUT2D eigenvalue weighted by molar-refractivity contribution is 0.299. The zero-order valence-corrected chi connectivity index (χ0v) is 12.1. The molecular weight excluding hydrogens is 236 g/mol. The number of hydrogen-bond acceptors (Lipinski definition) is 3. The summed E-state index contributed by atoms with van der Waals surface area (Å²) in [5.74, 6) is 1.74. The third-order valence-electron chi connectivity index (χ3n) is 4.02. The minimum Gasteiger partial charge on any atom is -0.494 e. The van der Waals surface area contributed by atoms with Gasteiger partial charge >= 0.3 is 0 Å². The molecule has 1 aromatic rings. The summed E-state index contributed by atoms with van der Waals surface area (Å²) >= 11 is 0. The summed E-state index contributed by atoms with van der Waals surface area (Å²) in [6.45, 7) is 5.36. The molecule has 0 saturated carbocycles. The molecule has 2 rings (SSSR count). The molecule has 1 aliphatic heterocycles. The summed E-state index contributed by atoms with van der Waals surface area (Å²) in [5.41, 5.74) is 6.64. The molecular formula is C16H26N2O. The molecule has 0 radical (unpaired) electrons. The van der Waals surface area contributed by atoms with E-state index in [1.54, 1.807) is 0 Å². The molecule has 2 unspecified atom stereocenters. The first-order valence-corrected chi connectivity index (χ1v) is 7.46. The van der Waals surface area contributed by atoms with Gasteiger partial charge in [-0.15, -0.1) is 0 Å². The van der Waals surface area contributed by atoms with E-state index in [9.17, 15) is 0 Å². The van der Waals surface area contributed by atoms with Crippen LogP contribution in [0.4, 0.5) is 0 Å². The van der Waals surface area contributed by atoms with Crippen LogP contribution in [0.5, 0.6) is 5.75 Å². The van der Waals surface area contributed by atoms with Gasteiger partial charge in [0.2, 0.25) is 0 Å². The van der Waals surface area contributed by atoms with Gasteiger partial charge in [-0.3, -0.25) is 10.9 Å². The molecule has 1 fully saturated rings. The summed E-state index contributed by atoms with van der Waals surface area (Å²) in [6.07, 6.45) is 4.99. The second kappa shape index (κ2) is 7.51. The number of rotatable bonds is 7. The second-order valence-corrected chi connectivity index (χ2v) is 5.54. The monoisotopic (exact) mass is 262 g/mol. The third kappa shape index (κ3) is 4.51. The van der Waals surface area contributed by atoms with E-state index >= 15 is 0 Å². The van der Waals surface area contributed by atoms with Crippen LogP contribution in [0.3, 0.4) is 0 Å². The van der Waals surface area contributed by atoms with Crippen molar-refractivity contribution in [1.82, 2.24) is 10.9 Å². The summed E-state index contributed by atoms with van der Waals surface area (Å²) in [5, 5.41) is 0. The van der Waals surface area contributed by atoms with Gasteiger partial charge in [0.1, 0.15) is 5.75 Å². The average molecular weight is 262 g/mol. The van der Waals surface area contributed by atoms with Crippen LogP contribution in [-0.4, -0.2) is 18.7 Å². The Kier molecular flexibility index (Phi) is 5.67. The van der Waals surface area contributed by atoms with E-state index in [-0.39, 0.29) is 0 Å². The molecule has 3 heteroatoms. The fraction of sp³-hybridized carbons (Fsp3) is 0.625. The van der Waals surface area contributed by atoms with Crippen molar-refractivity contribution in [2.24, 2.45) is 5.92 Å². The van der Waals surface area contributed by atoms with Crippen LogP contribution >= 0.6 is 0 Å². The van der Waals surface area contributed by atoms with Gasteiger partial charge in [0.05, 0.1) is 6.61 Å². The second-order valence-electron chi connectivity index (χ2n) is 5.54. The van der Waals surface area contributed by atoms with Crippen molar-refractivity contribution in [1.29, 1.82) is 0 Å². The number of benzene rings is 1. The molecule has 3 nitrogen and oxygen atoms in total. The zero-order chi connectivity index (χ0) is 13.5. The lowest BCUT2D eigenvalue weighted by Crippen LogP contribution is -2.30. The minimum atomic E-state index is 0.593. The van der Waals surface area contributed by atoms with Crippen LogP contribution in [-0.2, 0) is 0 Å². The average Bonchev–Trinajstić information content (AvgIpc) is 2.75. The first-order valence-electron chi connectivity index (χ1n) is 7.46. The Morgan fingerprint density at radius 3 is 2.32 bits per heavy atom. The molecule has 106 valence electrons. The number of para-hydroxylation sites is 1. The smallest absolute Gasteiger partial charge is 0.119 e. The highest BCUT2D eigenvalue weighted by atomic mass is 16.5. The third-order valence-corrected chi connectivity index (χ3v) is 4.02. The molecule has 19 heavy (non-hydrogen) atoms. The van der Waals surface area contributed by atoms with E-state index < -0.39 is 0 Å². The van der Waals surface area contributed by atoms with Crippen LogP contribution in [0.15, 0.2) is 30.3 Å². The molecule has 0 bridgehead atoms. The Morgan fingerprint density at radius 2 is 1.63 bits per heavy atom. The van der Waals surface area contributed by atoms with Crippen molar-refractivity contribution in [3.05, 3.63) is 30.3 Å². The van der Waals surface area contributed by atoms with Gasteiger partial charge in [0.15, 0.2) is 0 Å². The van der Waals surface area contributed by atoms with Crippen LogP contribution in [0.1, 0.15) is 39.5 Å². The summed E-state index contributed by atoms with van der Waals surface area (Å²) in [6, 6.07) is 11.2. The van der Waals surface area contributed by atoms with E-state index in [0.717, 1.165) is 24.7 Å². The molecule has 0 spiro atoms. The van der Waals surface area contributed by atoms with E-state index in [2.05, 4.69) is 24.7 Å². The Hall–Kier alpha value is -1.06. The van der Waals surface area contributed by atoms with Gasteiger partial charge in [0.25, 0.3) is 0 Å². The number of hydrazine groups is 1. The van der Waals surface area contributed by atoms with E-state index in [1.165, 1.54) is 19.3 Å². The fourth-order valence-electron chi connectivity index (χ4n) is 2.78. The topological polar surface area (TPSA) is 33.3 Å². The van der Waals surface area contributed by atoms with Crippen LogP contribution in [0, 0.1) is 5.92 Å². The number of hydrogen-bond donors (Lipinski definition) is 2. The highest BCUT2D eigenvalue weighted by Gasteiger charge is 2.28. The molecule has 0 amide bonds. The Morgan fingerprint density at radius 1 is 0.947 bits per heavy atom. The predicted octanol–water partition coefficient (Wildman–Crippen LogP) is 3.13. The van der Waals surface area contributed by atoms with Gasteiger partial charge in [-0.2, -0.15) is 0 Å². The van der Waals surface area contributed by atoms with Crippen molar-refractivity contribution in [3.63, 3.8) is 0 Å². The maximum absolute atomic E-state index is 5.70. The van der Waals surface area contributed by atoms with Gasteiger partial charge in [-0.05, 0) is 44.7 Å². The SMILES string of the molecule is CC1NNC(C)C1CCCCCOc1ccccc1. The van der Waals surface area contributed by atoms with E-state index in [0.29, 0.717) is 12.1 Å². The van der Waals surface area contributed by atoms with Crippen LogP contribution < -0.4 is 15.6 Å². The fourth-order valence-corrected chi connectivity index (χ4v) is 2.78. The quantitative estimate of drug-likeness (QED) is 0.741. The van der Waals surface area contributed by atoms with Gasteiger partial charge in [-0.25, -0.2) is 0 Å². The molecule has 1 aromatic carbocycles. The zero-order valence-electron chi connectivity index (χ0n) is 12.1. The molecule has 2 atom stereocenters. The van der Waals surface area contributed by atoms with Crippen molar-refractivity contribution >= 4 is 0 Å². The summed E-state index contributed by atoms with van der Waals surface area (Å²) < 4.78 is 5.70. The molecule has 0 aromatic heterocycles. The lowest BCUT2D eigenvalue weighted by atomic mass is 9.91. The van der Waals surface area contributed by atoms with Crippen molar-refractivity contribution < 1.29 is 4.74 Å². The Bertz CT molecular complexity index is 345. The first-order chi connectivity index (χ1) is 9.27. The van der Waals surface area contributed by atoms with Crippen molar-refractivity contribution in [2.45, 2.75) is 51.6 Å². The Balaban J connectivity index is 1.53. The molecule has 2 N–H and O–H groups in total. The van der Waals surface area contributed by atoms with Gasteiger partial charge < -0.3 is 4.74 Å².